The topological polar surface area (TPSA) is 50.3 Å². The molecule has 0 aromatic carbocycles. The molecule has 1 aromatic rings. The molecule has 1 aliphatic heterocycles. The molecule has 2 heterocycles. The molecule has 0 unspecified atom stereocenters. The summed E-state index contributed by atoms with van der Waals surface area (Å²) in [5.41, 5.74) is 1.03. The number of ether oxygens (including phenoxy) is 1. The standard InChI is InChI=1S/C15H24N4O/c1-2-20-14-5-7-19(8-6-14)15-11-17-13(10-18-15)9-16-12-3-4-12/h10-12,14,16H,2-9H2,1H3. The van der Waals surface area contributed by atoms with Crippen molar-refractivity contribution < 1.29 is 4.74 Å². The summed E-state index contributed by atoms with van der Waals surface area (Å²) in [4.78, 5) is 11.4. The zero-order chi connectivity index (χ0) is 13.8. The van der Waals surface area contributed by atoms with E-state index in [1.807, 2.05) is 12.4 Å². The molecule has 1 aromatic heterocycles. The number of hydrogen-bond acceptors (Lipinski definition) is 5. The third-order valence-electron chi connectivity index (χ3n) is 4.01. The first kappa shape index (κ1) is 13.8. The number of piperidine rings is 1. The summed E-state index contributed by atoms with van der Waals surface area (Å²) >= 11 is 0. The maximum Gasteiger partial charge on any atom is 0.147 e. The van der Waals surface area contributed by atoms with Crippen LogP contribution in [0.4, 0.5) is 5.82 Å². The van der Waals surface area contributed by atoms with Crippen LogP contribution in [-0.4, -0.2) is 41.8 Å². The van der Waals surface area contributed by atoms with E-state index >= 15 is 0 Å². The number of aromatic nitrogens is 2. The van der Waals surface area contributed by atoms with Gasteiger partial charge >= 0.3 is 0 Å². The van der Waals surface area contributed by atoms with Gasteiger partial charge in [-0.1, -0.05) is 0 Å². The summed E-state index contributed by atoms with van der Waals surface area (Å²) in [5.74, 6) is 0.995. The molecule has 110 valence electrons. The van der Waals surface area contributed by atoms with Crippen molar-refractivity contribution in [1.82, 2.24) is 15.3 Å². The zero-order valence-electron chi connectivity index (χ0n) is 12.2. The van der Waals surface area contributed by atoms with Gasteiger partial charge in [-0.15, -0.1) is 0 Å². The average molecular weight is 276 g/mol. The maximum absolute atomic E-state index is 5.68. The van der Waals surface area contributed by atoms with Gasteiger partial charge in [-0.3, -0.25) is 4.98 Å². The summed E-state index contributed by atoms with van der Waals surface area (Å²) in [6, 6.07) is 0.717. The summed E-state index contributed by atoms with van der Waals surface area (Å²) in [5, 5.41) is 3.46. The molecule has 1 aliphatic carbocycles. The Bertz CT molecular complexity index is 410. The monoisotopic (exact) mass is 276 g/mol. The molecule has 2 fully saturated rings. The van der Waals surface area contributed by atoms with Gasteiger partial charge in [0, 0.05) is 32.3 Å². The van der Waals surface area contributed by atoms with E-state index in [0.29, 0.717) is 12.1 Å². The van der Waals surface area contributed by atoms with Gasteiger partial charge in [0.2, 0.25) is 0 Å². The SMILES string of the molecule is CCOC1CCN(c2cnc(CNC3CC3)cn2)CC1. The minimum absolute atomic E-state index is 0.422. The lowest BCUT2D eigenvalue weighted by molar-refractivity contribution is 0.0458. The predicted octanol–water partition coefficient (Wildman–Crippen LogP) is 1.73. The van der Waals surface area contributed by atoms with E-state index in [9.17, 15) is 0 Å². The summed E-state index contributed by atoms with van der Waals surface area (Å²) < 4.78 is 5.68. The van der Waals surface area contributed by atoms with Gasteiger partial charge in [0.25, 0.3) is 0 Å². The highest BCUT2D eigenvalue weighted by Gasteiger charge is 2.21. The molecule has 5 heteroatoms. The molecule has 1 saturated heterocycles. The Kier molecular flexibility index (Phi) is 4.47. The molecule has 0 radical (unpaired) electrons. The molecule has 2 aliphatic rings. The highest BCUT2D eigenvalue weighted by molar-refractivity contribution is 5.36. The summed E-state index contributed by atoms with van der Waals surface area (Å²) in [6.45, 7) is 5.74. The third kappa shape index (κ3) is 3.67. The third-order valence-corrected chi connectivity index (χ3v) is 4.01. The summed E-state index contributed by atoms with van der Waals surface area (Å²) in [6.07, 6.45) is 9.01. The average Bonchev–Trinajstić information content (AvgIpc) is 3.31. The van der Waals surface area contributed by atoms with Gasteiger partial charge < -0.3 is 15.0 Å². The van der Waals surface area contributed by atoms with Crippen molar-refractivity contribution in [2.24, 2.45) is 0 Å². The second-order valence-corrected chi connectivity index (χ2v) is 5.66. The number of rotatable bonds is 6. The van der Waals surface area contributed by atoms with Crippen LogP contribution in [0.2, 0.25) is 0 Å². The van der Waals surface area contributed by atoms with Gasteiger partial charge in [-0.2, -0.15) is 0 Å². The molecule has 0 amide bonds. The minimum atomic E-state index is 0.422. The summed E-state index contributed by atoms with van der Waals surface area (Å²) in [7, 11) is 0. The van der Waals surface area contributed by atoms with Gasteiger partial charge in [-0.05, 0) is 32.6 Å². The van der Waals surface area contributed by atoms with E-state index in [-0.39, 0.29) is 0 Å². The molecule has 1 saturated carbocycles. The largest absolute Gasteiger partial charge is 0.378 e. The lowest BCUT2D eigenvalue weighted by Gasteiger charge is -2.32. The molecule has 3 rings (SSSR count). The normalized spacial score (nSPS) is 20.4. The highest BCUT2D eigenvalue weighted by Crippen LogP contribution is 2.20. The fourth-order valence-corrected chi connectivity index (χ4v) is 2.63. The van der Waals surface area contributed by atoms with Gasteiger partial charge in [-0.25, -0.2) is 4.98 Å². The smallest absolute Gasteiger partial charge is 0.147 e. The second-order valence-electron chi connectivity index (χ2n) is 5.66. The van der Waals surface area contributed by atoms with Crippen molar-refractivity contribution in [2.75, 3.05) is 24.6 Å². The van der Waals surface area contributed by atoms with Crippen molar-refractivity contribution in [3.05, 3.63) is 18.1 Å². The van der Waals surface area contributed by atoms with Crippen LogP contribution in [0.3, 0.4) is 0 Å². The molecular formula is C15H24N4O. The Morgan fingerprint density at radius 3 is 2.60 bits per heavy atom. The molecule has 20 heavy (non-hydrogen) atoms. The highest BCUT2D eigenvalue weighted by atomic mass is 16.5. The van der Waals surface area contributed by atoms with Crippen LogP contribution in [0, 0.1) is 0 Å². The van der Waals surface area contributed by atoms with Crippen LogP contribution in [0.5, 0.6) is 0 Å². The van der Waals surface area contributed by atoms with Crippen LogP contribution in [-0.2, 0) is 11.3 Å². The number of nitrogens with one attached hydrogen (secondary N) is 1. The first-order valence-electron chi connectivity index (χ1n) is 7.76. The van der Waals surface area contributed by atoms with Gasteiger partial charge in [0.15, 0.2) is 0 Å². The van der Waals surface area contributed by atoms with Crippen molar-refractivity contribution in [2.45, 2.75) is 51.3 Å². The fourth-order valence-electron chi connectivity index (χ4n) is 2.63. The van der Waals surface area contributed by atoms with Crippen LogP contribution in [0.15, 0.2) is 12.4 Å². The minimum Gasteiger partial charge on any atom is -0.378 e. The van der Waals surface area contributed by atoms with Crippen LogP contribution in [0.1, 0.15) is 38.3 Å². The molecule has 0 bridgehead atoms. The molecule has 1 N–H and O–H groups in total. The Labute approximate surface area is 120 Å². The maximum atomic E-state index is 5.68. The van der Waals surface area contributed by atoms with Gasteiger partial charge in [0.1, 0.15) is 5.82 Å². The first-order valence-corrected chi connectivity index (χ1v) is 7.76. The van der Waals surface area contributed by atoms with E-state index < -0.39 is 0 Å². The van der Waals surface area contributed by atoms with E-state index in [1.54, 1.807) is 0 Å². The van der Waals surface area contributed by atoms with Crippen LogP contribution in [0.25, 0.3) is 0 Å². The van der Waals surface area contributed by atoms with E-state index in [0.717, 1.165) is 50.6 Å². The van der Waals surface area contributed by atoms with E-state index in [1.165, 1.54) is 12.8 Å². The molecule has 0 spiro atoms. The van der Waals surface area contributed by atoms with E-state index in [4.69, 9.17) is 4.74 Å². The van der Waals surface area contributed by atoms with Gasteiger partial charge in [0.05, 0.1) is 24.2 Å². The Hall–Kier alpha value is -1.20. The quantitative estimate of drug-likeness (QED) is 0.857. The Morgan fingerprint density at radius 1 is 1.20 bits per heavy atom. The number of nitrogens with zero attached hydrogens (tertiary/aromatic N) is 3. The van der Waals surface area contributed by atoms with Crippen molar-refractivity contribution >= 4 is 5.82 Å². The Morgan fingerprint density at radius 2 is 2.00 bits per heavy atom. The number of hydrogen-bond donors (Lipinski definition) is 1. The van der Waals surface area contributed by atoms with Crippen molar-refractivity contribution in [3.63, 3.8) is 0 Å². The first-order chi connectivity index (χ1) is 9.85. The Balaban J connectivity index is 1.49. The van der Waals surface area contributed by atoms with Crippen LogP contribution >= 0.6 is 0 Å². The lowest BCUT2D eigenvalue weighted by Crippen LogP contribution is -2.37. The zero-order valence-corrected chi connectivity index (χ0v) is 12.2. The second kappa shape index (κ2) is 6.50. The fraction of sp³-hybridized carbons (Fsp3) is 0.733. The van der Waals surface area contributed by atoms with Crippen molar-refractivity contribution in [1.29, 1.82) is 0 Å². The van der Waals surface area contributed by atoms with E-state index in [2.05, 4.69) is 27.1 Å². The number of anilines is 1. The van der Waals surface area contributed by atoms with Crippen molar-refractivity contribution in [3.8, 4) is 0 Å². The molecule has 0 atom stereocenters. The lowest BCUT2D eigenvalue weighted by atomic mass is 10.1. The van der Waals surface area contributed by atoms with Crippen LogP contribution < -0.4 is 10.2 Å². The predicted molar refractivity (Wildman–Crippen MR) is 78.8 cm³/mol. The molecule has 5 nitrogen and oxygen atoms in total. The molecular weight excluding hydrogens is 252 g/mol.